The zero-order valence-electron chi connectivity index (χ0n) is 13.6. The number of rotatable bonds is 1. The Kier molecular flexibility index (Phi) is 4.12. The summed E-state index contributed by atoms with van der Waals surface area (Å²) in [7, 11) is 0. The van der Waals surface area contributed by atoms with Crippen LogP contribution in [-0.2, 0) is 6.18 Å². The van der Waals surface area contributed by atoms with Crippen molar-refractivity contribution in [1.82, 2.24) is 4.98 Å². The van der Waals surface area contributed by atoms with Crippen molar-refractivity contribution in [2.24, 2.45) is 0 Å². The number of aromatic nitrogens is 1. The van der Waals surface area contributed by atoms with Gasteiger partial charge in [0.1, 0.15) is 18.4 Å². The van der Waals surface area contributed by atoms with Gasteiger partial charge in [0.2, 0.25) is 5.56 Å². The van der Waals surface area contributed by atoms with Gasteiger partial charge >= 0.3 is 12.4 Å². The lowest BCUT2D eigenvalue weighted by atomic mass is 10.0. The SMILES string of the molecule is C[C@H]1Oc2cc3[nH]c(=O)cc(C(F)(F)F)c3cc2N(CC(F)(F)F)[C@H]1C. The number of halogens is 6. The van der Waals surface area contributed by atoms with Crippen LogP contribution in [0.5, 0.6) is 5.75 Å². The third-order valence-electron chi connectivity index (χ3n) is 4.37. The van der Waals surface area contributed by atoms with Crippen LogP contribution in [-0.4, -0.2) is 29.9 Å². The number of benzene rings is 1. The van der Waals surface area contributed by atoms with Crippen LogP contribution in [0.25, 0.3) is 10.9 Å². The quantitative estimate of drug-likeness (QED) is 0.759. The number of fused-ring (bicyclic) bond motifs is 2. The van der Waals surface area contributed by atoms with Crippen molar-refractivity contribution in [2.75, 3.05) is 11.4 Å². The van der Waals surface area contributed by atoms with Crippen LogP contribution < -0.4 is 15.2 Å². The van der Waals surface area contributed by atoms with Crippen LogP contribution in [0.4, 0.5) is 32.0 Å². The molecule has 1 aliphatic heterocycles. The molecule has 2 atom stereocenters. The van der Waals surface area contributed by atoms with Gasteiger partial charge in [-0.15, -0.1) is 0 Å². The summed E-state index contributed by atoms with van der Waals surface area (Å²) in [5.74, 6) is -0.0117. The maximum atomic E-state index is 13.3. The minimum absolute atomic E-state index is 0.0117. The predicted octanol–water partition coefficient (Wildman–Crippen LogP) is 4.09. The molecule has 0 aliphatic carbocycles. The summed E-state index contributed by atoms with van der Waals surface area (Å²) in [6, 6.07) is 1.79. The zero-order chi connectivity index (χ0) is 19.4. The predicted molar refractivity (Wildman–Crippen MR) is 82.5 cm³/mol. The minimum atomic E-state index is -4.83. The van der Waals surface area contributed by atoms with Crippen LogP contribution in [0.15, 0.2) is 23.0 Å². The molecule has 3 rings (SSSR count). The largest absolute Gasteiger partial charge is 0.486 e. The van der Waals surface area contributed by atoms with E-state index in [1.165, 1.54) is 6.92 Å². The Labute approximate surface area is 143 Å². The third kappa shape index (κ3) is 3.32. The summed E-state index contributed by atoms with van der Waals surface area (Å²) in [4.78, 5) is 14.8. The van der Waals surface area contributed by atoms with E-state index in [1.54, 1.807) is 6.92 Å². The molecule has 1 aliphatic rings. The van der Waals surface area contributed by atoms with E-state index >= 15 is 0 Å². The molecule has 0 bridgehead atoms. The van der Waals surface area contributed by atoms with E-state index in [-0.39, 0.29) is 17.0 Å². The van der Waals surface area contributed by atoms with Crippen molar-refractivity contribution in [3.8, 4) is 5.75 Å². The van der Waals surface area contributed by atoms with Gasteiger partial charge in [-0.25, -0.2) is 0 Å². The number of hydrogen-bond acceptors (Lipinski definition) is 3. The molecule has 10 heteroatoms. The highest BCUT2D eigenvalue weighted by Crippen LogP contribution is 2.43. The van der Waals surface area contributed by atoms with Crippen LogP contribution in [0.1, 0.15) is 19.4 Å². The first kappa shape index (κ1) is 18.4. The number of aromatic amines is 1. The topological polar surface area (TPSA) is 45.3 Å². The molecule has 26 heavy (non-hydrogen) atoms. The van der Waals surface area contributed by atoms with Crippen molar-refractivity contribution in [2.45, 2.75) is 38.3 Å². The molecule has 0 radical (unpaired) electrons. The van der Waals surface area contributed by atoms with Gasteiger partial charge in [-0.2, -0.15) is 26.3 Å². The van der Waals surface area contributed by atoms with Gasteiger partial charge in [0, 0.05) is 17.5 Å². The number of H-pyrrole nitrogens is 1. The van der Waals surface area contributed by atoms with E-state index in [1.807, 2.05) is 0 Å². The number of hydrogen-bond donors (Lipinski definition) is 1. The number of nitrogens with one attached hydrogen (secondary N) is 1. The Balaban J connectivity index is 2.27. The fourth-order valence-electron chi connectivity index (χ4n) is 3.02. The van der Waals surface area contributed by atoms with Crippen LogP contribution in [0.2, 0.25) is 0 Å². The van der Waals surface area contributed by atoms with Gasteiger partial charge in [-0.3, -0.25) is 4.79 Å². The van der Waals surface area contributed by atoms with E-state index in [0.29, 0.717) is 6.07 Å². The maximum absolute atomic E-state index is 13.3. The lowest BCUT2D eigenvalue weighted by Crippen LogP contribution is -2.50. The highest BCUT2D eigenvalue weighted by Gasteiger charge is 2.40. The van der Waals surface area contributed by atoms with Crippen LogP contribution >= 0.6 is 0 Å². The average Bonchev–Trinajstić information content (AvgIpc) is 2.47. The lowest BCUT2D eigenvalue weighted by Gasteiger charge is -2.41. The highest BCUT2D eigenvalue weighted by molar-refractivity contribution is 5.89. The molecular weight excluding hydrogens is 366 g/mol. The fourth-order valence-corrected chi connectivity index (χ4v) is 3.02. The van der Waals surface area contributed by atoms with Gasteiger partial charge < -0.3 is 14.6 Å². The van der Waals surface area contributed by atoms with Crippen molar-refractivity contribution in [3.05, 3.63) is 34.1 Å². The smallest absolute Gasteiger partial charge is 0.417 e. The number of alkyl halides is 6. The highest BCUT2D eigenvalue weighted by atomic mass is 19.4. The van der Waals surface area contributed by atoms with Crippen molar-refractivity contribution in [3.63, 3.8) is 0 Å². The molecule has 2 heterocycles. The fraction of sp³-hybridized carbons (Fsp3) is 0.438. The molecule has 0 saturated heterocycles. The molecule has 1 N–H and O–H groups in total. The zero-order valence-corrected chi connectivity index (χ0v) is 13.6. The van der Waals surface area contributed by atoms with E-state index < -0.39 is 47.6 Å². The van der Waals surface area contributed by atoms with E-state index in [4.69, 9.17) is 4.74 Å². The second-order valence-electron chi connectivity index (χ2n) is 6.22. The van der Waals surface area contributed by atoms with Gasteiger partial charge in [-0.05, 0) is 19.9 Å². The molecule has 142 valence electrons. The molecule has 1 aromatic heterocycles. The van der Waals surface area contributed by atoms with E-state index in [0.717, 1.165) is 17.0 Å². The first-order valence-electron chi connectivity index (χ1n) is 7.65. The van der Waals surface area contributed by atoms with Crippen LogP contribution in [0.3, 0.4) is 0 Å². The molecule has 1 aromatic carbocycles. The monoisotopic (exact) mass is 380 g/mol. The summed E-state index contributed by atoms with van der Waals surface area (Å²) >= 11 is 0. The average molecular weight is 380 g/mol. The molecule has 0 spiro atoms. The van der Waals surface area contributed by atoms with E-state index in [2.05, 4.69) is 4.98 Å². The third-order valence-corrected chi connectivity index (χ3v) is 4.37. The first-order valence-corrected chi connectivity index (χ1v) is 7.65. The number of pyridine rings is 1. The molecule has 0 unspecified atom stereocenters. The number of nitrogens with zero attached hydrogens (tertiary/aromatic N) is 1. The summed E-state index contributed by atoms with van der Waals surface area (Å²) in [6.07, 6.45) is -10.0. The lowest BCUT2D eigenvalue weighted by molar-refractivity contribution is -0.136. The molecule has 0 fully saturated rings. The Morgan fingerprint density at radius 1 is 1.12 bits per heavy atom. The summed E-state index contributed by atoms with van der Waals surface area (Å²) < 4.78 is 84.2. The van der Waals surface area contributed by atoms with Gasteiger partial charge in [-0.1, -0.05) is 0 Å². The Bertz CT molecular complexity index is 902. The van der Waals surface area contributed by atoms with Crippen LogP contribution in [0, 0.1) is 0 Å². The van der Waals surface area contributed by atoms with Gasteiger partial charge in [0.25, 0.3) is 0 Å². The normalized spacial score (nSPS) is 20.8. The molecule has 2 aromatic rings. The van der Waals surface area contributed by atoms with Gasteiger partial charge in [0.15, 0.2) is 0 Å². The molecular formula is C16H14F6N2O2. The Morgan fingerprint density at radius 3 is 2.35 bits per heavy atom. The first-order chi connectivity index (χ1) is 11.9. The second kappa shape index (κ2) is 5.82. The second-order valence-corrected chi connectivity index (χ2v) is 6.22. The van der Waals surface area contributed by atoms with Crippen molar-refractivity contribution >= 4 is 16.6 Å². The summed E-state index contributed by atoms with van der Waals surface area (Å²) in [6.45, 7) is 1.74. The minimum Gasteiger partial charge on any atom is -0.486 e. The van der Waals surface area contributed by atoms with Gasteiger partial charge in [0.05, 0.1) is 22.8 Å². The standard InChI is InChI=1S/C16H14F6N2O2/c1-7-8(2)26-13-5-11-9(3-12(13)24(7)6-15(17,18)19)10(16(20,21)22)4-14(25)23-11/h3-5,7-8H,6H2,1-2H3,(H,23,25)/t7-,8+/m0/s1. The van der Waals surface area contributed by atoms with Crippen molar-refractivity contribution in [1.29, 1.82) is 0 Å². The Morgan fingerprint density at radius 2 is 1.77 bits per heavy atom. The molecule has 0 saturated carbocycles. The molecule has 0 amide bonds. The van der Waals surface area contributed by atoms with E-state index in [9.17, 15) is 31.1 Å². The number of anilines is 1. The molecule has 4 nitrogen and oxygen atoms in total. The maximum Gasteiger partial charge on any atom is 0.417 e. The number of ether oxygens (including phenoxy) is 1. The summed E-state index contributed by atoms with van der Waals surface area (Å²) in [5.41, 5.74) is -2.43. The summed E-state index contributed by atoms with van der Waals surface area (Å²) in [5, 5.41) is -0.395. The van der Waals surface area contributed by atoms with Crippen molar-refractivity contribution < 1.29 is 31.1 Å². The Hall–Kier alpha value is -2.39.